The Hall–Kier alpha value is -2.82. The number of anilines is 1. The number of hydrogen-bond acceptors (Lipinski definition) is 6. The van der Waals surface area contributed by atoms with E-state index in [9.17, 15) is 18.3 Å². The molecular weight excluding hydrogens is 492 g/mol. The van der Waals surface area contributed by atoms with E-state index >= 15 is 0 Å². The van der Waals surface area contributed by atoms with Crippen molar-refractivity contribution in [1.82, 2.24) is 15.5 Å². The Morgan fingerprint density at radius 1 is 1.00 bits per heavy atom. The lowest BCUT2D eigenvalue weighted by Gasteiger charge is -2.34. The summed E-state index contributed by atoms with van der Waals surface area (Å²) < 4.78 is 30.9. The highest BCUT2D eigenvalue weighted by Crippen LogP contribution is 2.27. The quantitative estimate of drug-likeness (QED) is 0.391. The maximum atomic E-state index is 12.3. The first-order valence-corrected chi connectivity index (χ1v) is 14.9. The van der Waals surface area contributed by atoms with Gasteiger partial charge in [0, 0.05) is 37.9 Å². The van der Waals surface area contributed by atoms with Crippen LogP contribution in [0, 0.1) is 0 Å². The fourth-order valence-corrected chi connectivity index (χ4v) is 5.53. The van der Waals surface area contributed by atoms with E-state index in [1.165, 1.54) is 5.56 Å². The van der Waals surface area contributed by atoms with Gasteiger partial charge in [-0.1, -0.05) is 31.4 Å². The molecule has 4 rings (SSSR count). The van der Waals surface area contributed by atoms with Gasteiger partial charge in [0.15, 0.2) is 0 Å². The van der Waals surface area contributed by atoms with Gasteiger partial charge in [0.1, 0.15) is 11.5 Å². The predicted molar refractivity (Wildman–Crippen MR) is 144 cm³/mol. The molecule has 2 aliphatic rings. The molecule has 4 N–H and O–H groups in total. The van der Waals surface area contributed by atoms with Crippen LogP contribution >= 0.6 is 0 Å². The molecule has 0 radical (unpaired) electrons. The largest absolute Gasteiger partial charge is 0.457 e. The molecule has 1 aliphatic carbocycles. The molecule has 1 aliphatic heterocycles. The van der Waals surface area contributed by atoms with E-state index in [1.54, 1.807) is 24.3 Å². The lowest BCUT2D eigenvalue weighted by Crippen LogP contribution is -2.51. The van der Waals surface area contributed by atoms with Crippen LogP contribution in [0.25, 0.3) is 0 Å². The van der Waals surface area contributed by atoms with E-state index in [0.29, 0.717) is 23.7 Å². The number of carbonyl (C=O) groups excluding carboxylic acids is 1. The molecular formula is C27H38N4O5S. The summed E-state index contributed by atoms with van der Waals surface area (Å²) >= 11 is 0. The Morgan fingerprint density at radius 2 is 1.59 bits per heavy atom. The molecule has 0 aromatic heterocycles. The van der Waals surface area contributed by atoms with Crippen LogP contribution in [0.1, 0.15) is 50.5 Å². The smallest absolute Gasteiger partial charge is 0.315 e. The van der Waals surface area contributed by atoms with Crippen molar-refractivity contribution in [3.63, 3.8) is 0 Å². The number of carbonyl (C=O) groups is 1. The lowest BCUT2D eigenvalue weighted by atomic mass is 9.85. The minimum atomic E-state index is -3.31. The van der Waals surface area contributed by atoms with Crippen LogP contribution in [-0.4, -0.2) is 62.0 Å². The molecule has 37 heavy (non-hydrogen) atoms. The van der Waals surface area contributed by atoms with Gasteiger partial charge in [-0.15, -0.1) is 0 Å². The van der Waals surface area contributed by atoms with E-state index < -0.39 is 15.6 Å². The van der Waals surface area contributed by atoms with Gasteiger partial charge >= 0.3 is 6.03 Å². The van der Waals surface area contributed by atoms with Crippen molar-refractivity contribution in [1.29, 1.82) is 0 Å². The van der Waals surface area contributed by atoms with Crippen LogP contribution in [0.4, 0.5) is 10.5 Å². The molecule has 2 amide bonds. The highest BCUT2D eigenvalue weighted by molar-refractivity contribution is 7.92. The third-order valence-electron chi connectivity index (χ3n) is 7.01. The minimum Gasteiger partial charge on any atom is -0.457 e. The van der Waals surface area contributed by atoms with Gasteiger partial charge in [-0.25, -0.2) is 13.2 Å². The van der Waals surface area contributed by atoms with Gasteiger partial charge in [0.25, 0.3) is 0 Å². The Balaban J connectivity index is 1.17. The molecule has 0 spiro atoms. The number of hydrogen-bond donors (Lipinski definition) is 4. The zero-order valence-electron chi connectivity index (χ0n) is 21.4. The maximum absolute atomic E-state index is 12.3. The monoisotopic (exact) mass is 530 g/mol. The average Bonchev–Trinajstić information content (AvgIpc) is 2.86. The summed E-state index contributed by atoms with van der Waals surface area (Å²) in [6, 6.07) is 14.7. The SMILES string of the molecule is CS(=O)(=O)Nc1ccc(Oc2ccc(CN3CCC(NC(=O)NCC4(O)CCCCC4)CC3)cc2)cc1. The summed E-state index contributed by atoms with van der Waals surface area (Å²) in [6.45, 7) is 2.96. The standard InChI is InChI=1S/C27H38N4O5S/c1-37(34,35)30-23-7-11-25(12-8-23)36-24-9-5-21(6-10-24)19-31-17-13-22(14-18-31)29-26(32)28-20-27(33)15-3-2-4-16-27/h5-12,22,30,33H,2-4,13-20H2,1H3,(H2,28,29,32). The van der Waals surface area contributed by atoms with E-state index in [4.69, 9.17) is 4.74 Å². The number of sulfonamides is 1. The Bertz CT molecular complexity index is 1120. The number of benzene rings is 2. The second kappa shape index (κ2) is 12.1. The number of aliphatic hydroxyl groups is 1. The fraction of sp³-hybridized carbons (Fsp3) is 0.519. The first kappa shape index (κ1) is 27.2. The number of nitrogens with zero attached hydrogens (tertiary/aromatic N) is 1. The van der Waals surface area contributed by atoms with E-state index in [2.05, 4.69) is 20.3 Å². The molecule has 9 nitrogen and oxygen atoms in total. The zero-order valence-corrected chi connectivity index (χ0v) is 22.2. The molecule has 202 valence electrons. The number of likely N-dealkylation sites (tertiary alicyclic amines) is 1. The third-order valence-corrected chi connectivity index (χ3v) is 7.61. The van der Waals surface area contributed by atoms with Crippen molar-refractivity contribution in [2.24, 2.45) is 0 Å². The number of rotatable bonds is 9. The van der Waals surface area contributed by atoms with Crippen molar-refractivity contribution in [2.75, 3.05) is 30.6 Å². The highest BCUT2D eigenvalue weighted by atomic mass is 32.2. The molecule has 1 heterocycles. The number of urea groups is 1. The van der Waals surface area contributed by atoms with Crippen LogP contribution < -0.4 is 20.1 Å². The summed E-state index contributed by atoms with van der Waals surface area (Å²) in [4.78, 5) is 14.7. The summed E-state index contributed by atoms with van der Waals surface area (Å²) in [7, 11) is -3.31. The van der Waals surface area contributed by atoms with Gasteiger partial charge in [-0.3, -0.25) is 9.62 Å². The summed E-state index contributed by atoms with van der Waals surface area (Å²) in [5, 5.41) is 16.5. The normalized spacial score (nSPS) is 18.6. The second-order valence-electron chi connectivity index (χ2n) is 10.3. The van der Waals surface area contributed by atoms with Crippen LogP contribution in [0.15, 0.2) is 48.5 Å². The molecule has 10 heteroatoms. The first-order chi connectivity index (χ1) is 17.7. The molecule has 2 aromatic carbocycles. The Kier molecular flexibility index (Phi) is 8.94. The Morgan fingerprint density at radius 3 is 2.19 bits per heavy atom. The van der Waals surface area contributed by atoms with Gasteiger partial charge in [-0.2, -0.15) is 0 Å². The lowest BCUT2D eigenvalue weighted by molar-refractivity contribution is 0.00706. The summed E-state index contributed by atoms with van der Waals surface area (Å²) in [6.07, 6.45) is 7.62. The second-order valence-corrected chi connectivity index (χ2v) is 12.1. The van der Waals surface area contributed by atoms with Crippen molar-refractivity contribution in [2.45, 2.75) is 63.1 Å². The number of piperidine rings is 1. The maximum Gasteiger partial charge on any atom is 0.315 e. The minimum absolute atomic E-state index is 0.145. The van der Waals surface area contributed by atoms with Gasteiger partial charge in [0.05, 0.1) is 11.9 Å². The number of ether oxygens (including phenoxy) is 1. The highest BCUT2D eigenvalue weighted by Gasteiger charge is 2.30. The van der Waals surface area contributed by atoms with Crippen molar-refractivity contribution < 1.29 is 23.1 Å². The van der Waals surface area contributed by atoms with Gasteiger partial charge < -0.3 is 20.5 Å². The van der Waals surface area contributed by atoms with E-state index in [0.717, 1.165) is 70.8 Å². The molecule has 2 fully saturated rings. The van der Waals surface area contributed by atoms with Gasteiger partial charge in [-0.05, 0) is 67.6 Å². The fourth-order valence-electron chi connectivity index (χ4n) is 4.97. The summed E-state index contributed by atoms with van der Waals surface area (Å²) in [5.74, 6) is 1.33. The first-order valence-electron chi connectivity index (χ1n) is 13.0. The molecule has 0 atom stereocenters. The number of amides is 2. The van der Waals surface area contributed by atoms with Crippen molar-refractivity contribution in [3.05, 3.63) is 54.1 Å². The van der Waals surface area contributed by atoms with Crippen LogP contribution in [0.5, 0.6) is 11.5 Å². The van der Waals surface area contributed by atoms with Gasteiger partial charge in [0.2, 0.25) is 10.0 Å². The molecule has 1 saturated heterocycles. The van der Waals surface area contributed by atoms with E-state index in [1.807, 2.05) is 24.3 Å². The Labute approximate surface area is 219 Å². The van der Waals surface area contributed by atoms with Crippen molar-refractivity contribution in [3.8, 4) is 11.5 Å². The van der Waals surface area contributed by atoms with Crippen molar-refractivity contribution >= 4 is 21.7 Å². The molecule has 0 unspecified atom stereocenters. The average molecular weight is 531 g/mol. The molecule has 1 saturated carbocycles. The predicted octanol–water partition coefficient (Wildman–Crippen LogP) is 3.81. The number of nitrogens with one attached hydrogen (secondary N) is 3. The molecule has 2 aromatic rings. The third kappa shape index (κ3) is 8.91. The van der Waals surface area contributed by atoms with Crippen LogP contribution in [0.2, 0.25) is 0 Å². The zero-order chi connectivity index (χ0) is 26.3. The molecule has 0 bridgehead atoms. The van der Waals surface area contributed by atoms with E-state index in [-0.39, 0.29) is 12.1 Å². The van der Waals surface area contributed by atoms with Crippen LogP contribution in [0.3, 0.4) is 0 Å². The summed E-state index contributed by atoms with van der Waals surface area (Å²) in [5.41, 5.74) is 0.925. The van der Waals surface area contributed by atoms with Crippen LogP contribution in [-0.2, 0) is 16.6 Å². The topological polar surface area (TPSA) is 120 Å².